The lowest BCUT2D eigenvalue weighted by Gasteiger charge is -2.31. The Labute approximate surface area is 191 Å². The predicted molar refractivity (Wildman–Crippen MR) is 121 cm³/mol. The van der Waals surface area contributed by atoms with Crippen molar-refractivity contribution in [1.82, 2.24) is 9.80 Å². The third kappa shape index (κ3) is 5.54. The van der Waals surface area contributed by atoms with Crippen LogP contribution >= 0.6 is 23.4 Å². The minimum Gasteiger partial charge on any atom is -0.490 e. The number of halogens is 1. The molecule has 2 heterocycles. The third-order valence-corrected chi connectivity index (χ3v) is 6.41. The summed E-state index contributed by atoms with van der Waals surface area (Å²) in [6.07, 6.45) is 3.46. The Bertz CT molecular complexity index is 896. The molecule has 9 heteroatoms. The molecule has 0 radical (unpaired) electrons. The molecule has 168 valence electrons. The summed E-state index contributed by atoms with van der Waals surface area (Å²) in [7, 11) is 0. The number of imide groups is 1. The largest absolute Gasteiger partial charge is 0.490 e. The SMILES string of the molecule is CCOc1cc(/C=C2/SC(=O)N(CC(=O)N3CCC(C)CC3)C2=O)cc(Cl)c1OCC. The third-order valence-electron chi connectivity index (χ3n) is 5.22. The molecule has 3 rings (SSSR count). The Morgan fingerprint density at radius 1 is 1.19 bits per heavy atom. The predicted octanol–water partition coefficient (Wildman–Crippen LogP) is 4.43. The van der Waals surface area contributed by atoms with Crippen LogP contribution < -0.4 is 9.47 Å². The van der Waals surface area contributed by atoms with E-state index in [2.05, 4.69) is 6.92 Å². The van der Waals surface area contributed by atoms with Crippen LogP contribution in [-0.4, -0.2) is 59.7 Å². The van der Waals surface area contributed by atoms with Crippen LogP contribution in [0.2, 0.25) is 5.02 Å². The first-order valence-electron chi connectivity index (χ1n) is 10.5. The van der Waals surface area contributed by atoms with Gasteiger partial charge in [-0.1, -0.05) is 18.5 Å². The second-order valence-corrected chi connectivity index (χ2v) is 8.93. The molecule has 0 aliphatic carbocycles. The molecule has 2 fully saturated rings. The molecule has 0 unspecified atom stereocenters. The van der Waals surface area contributed by atoms with Gasteiger partial charge in [-0.05, 0) is 68.1 Å². The number of carbonyl (C=O) groups is 3. The van der Waals surface area contributed by atoms with Gasteiger partial charge in [-0.3, -0.25) is 19.3 Å². The first-order chi connectivity index (χ1) is 14.8. The van der Waals surface area contributed by atoms with E-state index in [1.807, 2.05) is 13.8 Å². The smallest absolute Gasteiger partial charge is 0.294 e. The number of amides is 3. The van der Waals surface area contributed by atoms with E-state index in [4.69, 9.17) is 21.1 Å². The zero-order valence-corrected chi connectivity index (χ0v) is 19.6. The summed E-state index contributed by atoms with van der Waals surface area (Å²) in [5, 5.41) is -0.0928. The molecule has 3 amide bonds. The maximum absolute atomic E-state index is 12.8. The summed E-state index contributed by atoms with van der Waals surface area (Å²) in [6, 6.07) is 3.37. The van der Waals surface area contributed by atoms with E-state index in [1.54, 1.807) is 23.1 Å². The molecular formula is C22H27ClN2O5S. The molecule has 0 bridgehead atoms. The van der Waals surface area contributed by atoms with Gasteiger partial charge in [0.1, 0.15) is 6.54 Å². The normalized spacial score (nSPS) is 18.8. The fraction of sp³-hybridized carbons (Fsp3) is 0.500. The molecule has 0 aromatic heterocycles. The van der Waals surface area contributed by atoms with E-state index < -0.39 is 11.1 Å². The number of rotatable bonds is 7. The molecule has 1 aromatic rings. The van der Waals surface area contributed by atoms with Crippen molar-refractivity contribution in [2.24, 2.45) is 5.92 Å². The summed E-state index contributed by atoms with van der Waals surface area (Å²) in [5.74, 6) is 0.830. The number of thioether (sulfide) groups is 1. The first-order valence-corrected chi connectivity index (χ1v) is 11.7. The molecule has 1 aromatic carbocycles. The molecule has 7 nitrogen and oxygen atoms in total. The molecule has 0 spiro atoms. The topological polar surface area (TPSA) is 76.2 Å². The van der Waals surface area contributed by atoms with Crippen LogP contribution in [-0.2, 0) is 9.59 Å². The average molecular weight is 467 g/mol. The molecule has 2 aliphatic rings. The van der Waals surface area contributed by atoms with Gasteiger partial charge in [-0.25, -0.2) is 0 Å². The molecule has 2 saturated heterocycles. The number of carbonyl (C=O) groups excluding carboxylic acids is 3. The Morgan fingerprint density at radius 2 is 1.87 bits per heavy atom. The van der Waals surface area contributed by atoms with Gasteiger partial charge in [0.05, 0.1) is 23.1 Å². The number of hydrogen-bond acceptors (Lipinski definition) is 6. The van der Waals surface area contributed by atoms with E-state index in [-0.39, 0.29) is 17.4 Å². The van der Waals surface area contributed by atoms with Gasteiger partial charge in [0.2, 0.25) is 5.91 Å². The van der Waals surface area contributed by atoms with Gasteiger partial charge in [0.15, 0.2) is 11.5 Å². The highest BCUT2D eigenvalue weighted by molar-refractivity contribution is 8.18. The lowest BCUT2D eigenvalue weighted by Crippen LogP contribution is -2.45. The van der Waals surface area contributed by atoms with Crippen molar-refractivity contribution in [2.75, 3.05) is 32.8 Å². The molecule has 31 heavy (non-hydrogen) atoms. The minimum atomic E-state index is -0.475. The standard InChI is InChI=1S/C22H27ClN2O5S/c1-4-29-17-11-15(10-16(23)20(17)30-5-2)12-18-21(27)25(22(28)31-18)13-19(26)24-8-6-14(3)7-9-24/h10-12,14H,4-9,13H2,1-3H3/b18-12+. The number of piperidine rings is 1. The maximum atomic E-state index is 12.8. The summed E-state index contributed by atoms with van der Waals surface area (Å²) < 4.78 is 11.2. The lowest BCUT2D eigenvalue weighted by atomic mass is 9.99. The van der Waals surface area contributed by atoms with Crippen molar-refractivity contribution in [3.63, 3.8) is 0 Å². The van der Waals surface area contributed by atoms with Crippen molar-refractivity contribution in [1.29, 1.82) is 0 Å². The van der Waals surface area contributed by atoms with E-state index in [1.165, 1.54) is 0 Å². The van der Waals surface area contributed by atoms with Gasteiger partial charge < -0.3 is 14.4 Å². The van der Waals surface area contributed by atoms with Gasteiger partial charge in [-0.2, -0.15) is 0 Å². The van der Waals surface area contributed by atoms with E-state index in [0.717, 1.165) is 29.5 Å². The molecular weight excluding hydrogens is 440 g/mol. The Balaban J connectivity index is 1.76. The molecule has 0 saturated carbocycles. The molecule has 0 atom stereocenters. The Morgan fingerprint density at radius 3 is 2.52 bits per heavy atom. The van der Waals surface area contributed by atoms with E-state index >= 15 is 0 Å². The quantitative estimate of drug-likeness (QED) is 0.553. The van der Waals surface area contributed by atoms with Crippen molar-refractivity contribution < 1.29 is 23.9 Å². The zero-order chi connectivity index (χ0) is 22.5. The van der Waals surface area contributed by atoms with Crippen LogP contribution in [0.1, 0.15) is 39.2 Å². The summed E-state index contributed by atoms with van der Waals surface area (Å²) in [4.78, 5) is 40.8. The van der Waals surface area contributed by atoms with Crippen LogP contribution in [0.4, 0.5) is 4.79 Å². The highest BCUT2D eigenvalue weighted by Crippen LogP contribution is 2.39. The van der Waals surface area contributed by atoms with Crippen LogP contribution in [0.5, 0.6) is 11.5 Å². The fourth-order valence-electron chi connectivity index (χ4n) is 3.50. The van der Waals surface area contributed by atoms with Crippen molar-refractivity contribution in [3.05, 3.63) is 27.6 Å². The summed E-state index contributed by atoms with van der Waals surface area (Å²) in [6.45, 7) is 7.81. The highest BCUT2D eigenvalue weighted by Gasteiger charge is 2.37. The highest BCUT2D eigenvalue weighted by atomic mass is 35.5. The number of benzene rings is 1. The first kappa shape index (κ1) is 23.5. The second-order valence-electron chi connectivity index (χ2n) is 7.53. The number of hydrogen-bond donors (Lipinski definition) is 0. The minimum absolute atomic E-state index is 0.196. The van der Waals surface area contributed by atoms with Crippen molar-refractivity contribution in [2.45, 2.75) is 33.6 Å². The Hall–Kier alpha value is -2.19. The monoisotopic (exact) mass is 466 g/mol. The maximum Gasteiger partial charge on any atom is 0.294 e. The second kappa shape index (κ2) is 10.4. The van der Waals surface area contributed by atoms with Gasteiger partial charge in [-0.15, -0.1) is 0 Å². The van der Waals surface area contributed by atoms with Crippen molar-refractivity contribution >= 4 is 46.5 Å². The zero-order valence-electron chi connectivity index (χ0n) is 18.0. The van der Waals surface area contributed by atoms with Gasteiger partial charge >= 0.3 is 0 Å². The summed E-state index contributed by atoms with van der Waals surface area (Å²) in [5.41, 5.74) is 0.610. The number of nitrogens with zero attached hydrogens (tertiary/aromatic N) is 2. The van der Waals surface area contributed by atoms with Gasteiger partial charge in [0, 0.05) is 13.1 Å². The average Bonchev–Trinajstić information content (AvgIpc) is 2.98. The lowest BCUT2D eigenvalue weighted by molar-refractivity contribution is -0.136. The summed E-state index contributed by atoms with van der Waals surface area (Å²) >= 11 is 7.16. The number of ether oxygens (including phenoxy) is 2. The van der Waals surface area contributed by atoms with E-state index in [0.29, 0.717) is 54.3 Å². The van der Waals surface area contributed by atoms with Crippen LogP contribution in [0, 0.1) is 5.92 Å². The van der Waals surface area contributed by atoms with Crippen molar-refractivity contribution in [3.8, 4) is 11.5 Å². The van der Waals surface area contributed by atoms with Crippen LogP contribution in [0.25, 0.3) is 6.08 Å². The Kier molecular flexibility index (Phi) is 7.89. The molecule has 0 N–H and O–H groups in total. The van der Waals surface area contributed by atoms with Crippen LogP contribution in [0.3, 0.4) is 0 Å². The van der Waals surface area contributed by atoms with Gasteiger partial charge in [0.25, 0.3) is 11.1 Å². The fourth-order valence-corrected chi connectivity index (χ4v) is 4.61. The number of likely N-dealkylation sites (tertiary alicyclic amines) is 1. The van der Waals surface area contributed by atoms with E-state index in [9.17, 15) is 14.4 Å². The molecule has 2 aliphatic heterocycles. The van der Waals surface area contributed by atoms with Crippen LogP contribution in [0.15, 0.2) is 17.0 Å².